The normalized spacial score (nSPS) is 14.2. The Kier molecular flexibility index (Phi) is 6.46. The Hall–Kier alpha value is -3.82. The first-order valence-electron chi connectivity index (χ1n) is 11.0. The van der Waals surface area contributed by atoms with Gasteiger partial charge < -0.3 is 24.5 Å². The Morgan fingerprint density at radius 1 is 1.03 bits per heavy atom. The van der Waals surface area contributed by atoms with E-state index in [1.54, 1.807) is 31.5 Å². The number of H-pyrrole nitrogens is 1. The van der Waals surface area contributed by atoms with Gasteiger partial charge in [-0.1, -0.05) is 12.1 Å². The quantitative estimate of drug-likeness (QED) is 0.411. The largest absolute Gasteiger partial charge is 0.497 e. The molecule has 1 aliphatic rings. The number of hydrogen-bond acceptors (Lipinski definition) is 7. The Morgan fingerprint density at radius 2 is 1.79 bits per heavy atom. The number of aromatic amines is 1. The van der Waals surface area contributed by atoms with E-state index in [0.717, 1.165) is 23.3 Å². The van der Waals surface area contributed by atoms with Crippen LogP contribution in [-0.4, -0.2) is 40.3 Å². The number of aromatic nitrogens is 4. The minimum Gasteiger partial charge on any atom is -0.497 e. The summed E-state index contributed by atoms with van der Waals surface area (Å²) in [5.74, 6) is 1.50. The molecule has 174 valence electrons. The van der Waals surface area contributed by atoms with Gasteiger partial charge in [-0.3, -0.25) is 0 Å². The number of nitrogens with zero attached hydrogens (tertiary/aromatic N) is 3. The summed E-state index contributed by atoms with van der Waals surface area (Å²) in [4.78, 5) is 17.1. The van der Waals surface area contributed by atoms with Gasteiger partial charge in [-0.2, -0.15) is 0 Å². The maximum atomic E-state index is 13.5. The molecule has 0 radical (unpaired) electrons. The van der Waals surface area contributed by atoms with E-state index < -0.39 is 6.29 Å². The molecule has 34 heavy (non-hydrogen) atoms. The van der Waals surface area contributed by atoms with Gasteiger partial charge in [-0.15, -0.1) is 0 Å². The molecule has 0 spiro atoms. The molecule has 8 nitrogen and oxygen atoms in total. The summed E-state index contributed by atoms with van der Waals surface area (Å²) >= 11 is 0. The fourth-order valence-electron chi connectivity index (χ4n) is 3.66. The van der Waals surface area contributed by atoms with Gasteiger partial charge in [0.25, 0.3) is 0 Å². The van der Waals surface area contributed by atoms with E-state index in [9.17, 15) is 4.39 Å². The lowest BCUT2D eigenvalue weighted by atomic mass is 10.1. The summed E-state index contributed by atoms with van der Waals surface area (Å²) in [6.45, 7) is 1.75. The molecule has 0 amide bonds. The average molecular weight is 461 g/mol. The standard InChI is InChI=1S/C25H24FN5O3/c1-32-19-9-3-16(4-10-19)15-28-25-27-12-11-20(29-25)22-21(17-5-7-18(26)8-6-17)30-23(31-22)24-33-13-2-14-34-24/h3-12,24H,2,13-15H2,1H3,(H,30,31)(H,27,28,29). The van der Waals surface area contributed by atoms with Crippen LogP contribution < -0.4 is 10.1 Å². The average Bonchev–Trinajstić information content (AvgIpc) is 3.34. The van der Waals surface area contributed by atoms with Gasteiger partial charge in [0.1, 0.15) is 11.6 Å². The Labute approximate surface area is 196 Å². The maximum absolute atomic E-state index is 13.5. The van der Waals surface area contributed by atoms with Crippen molar-refractivity contribution in [2.75, 3.05) is 25.6 Å². The number of nitrogens with one attached hydrogen (secondary N) is 2. The third kappa shape index (κ3) is 4.90. The van der Waals surface area contributed by atoms with Crippen molar-refractivity contribution >= 4 is 5.95 Å². The van der Waals surface area contributed by atoms with Crippen LogP contribution in [0.15, 0.2) is 60.8 Å². The number of halogens is 1. The number of rotatable bonds is 7. The summed E-state index contributed by atoms with van der Waals surface area (Å²) < 4.78 is 30.2. The van der Waals surface area contributed by atoms with E-state index in [2.05, 4.69) is 20.3 Å². The van der Waals surface area contributed by atoms with Crippen LogP contribution in [0.4, 0.5) is 10.3 Å². The molecule has 1 fully saturated rings. The van der Waals surface area contributed by atoms with E-state index in [-0.39, 0.29) is 5.82 Å². The molecule has 4 aromatic rings. The van der Waals surface area contributed by atoms with Crippen LogP contribution >= 0.6 is 0 Å². The summed E-state index contributed by atoms with van der Waals surface area (Å²) in [7, 11) is 1.64. The second-order valence-electron chi connectivity index (χ2n) is 7.75. The minimum atomic E-state index is -0.587. The van der Waals surface area contributed by atoms with E-state index in [4.69, 9.17) is 19.2 Å². The van der Waals surface area contributed by atoms with Gasteiger partial charge in [-0.05, 0) is 54.4 Å². The monoisotopic (exact) mass is 461 g/mol. The van der Waals surface area contributed by atoms with E-state index in [0.29, 0.717) is 48.6 Å². The second kappa shape index (κ2) is 9.98. The molecule has 0 saturated carbocycles. The second-order valence-corrected chi connectivity index (χ2v) is 7.75. The molecule has 0 bridgehead atoms. The molecule has 2 aromatic heterocycles. The predicted octanol–water partition coefficient (Wildman–Crippen LogP) is 4.73. The fourth-order valence-corrected chi connectivity index (χ4v) is 3.66. The van der Waals surface area contributed by atoms with Crippen molar-refractivity contribution in [3.63, 3.8) is 0 Å². The van der Waals surface area contributed by atoms with Gasteiger partial charge in [0, 0.05) is 18.3 Å². The summed E-state index contributed by atoms with van der Waals surface area (Å²) in [5, 5.41) is 3.25. The first-order chi connectivity index (χ1) is 16.7. The first-order valence-corrected chi connectivity index (χ1v) is 11.0. The predicted molar refractivity (Wildman–Crippen MR) is 125 cm³/mol. The van der Waals surface area contributed by atoms with Crippen LogP contribution in [0.1, 0.15) is 24.1 Å². The molecule has 5 rings (SSSR count). The lowest BCUT2D eigenvalue weighted by Gasteiger charge is -2.21. The number of benzene rings is 2. The number of hydrogen-bond donors (Lipinski definition) is 2. The van der Waals surface area contributed by atoms with Gasteiger partial charge >= 0.3 is 0 Å². The summed E-state index contributed by atoms with van der Waals surface area (Å²) in [5.41, 5.74) is 3.77. The highest BCUT2D eigenvalue weighted by atomic mass is 19.1. The van der Waals surface area contributed by atoms with Crippen LogP contribution in [0.2, 0.25) is 0 Å². The number of anilines is 1. The van der Waals surface area contributed by atoms with Crippen LogP contribution in [0, 0.1) is 5.82 Å². The molecular weight excluding hydrogens is 437 g/mol. The highest BCUT2D eigenvalue weighted by Gasteiger charge is 2.24. The number of imidazole rings is 1. The highest BCUT2D eigenvalue weighted by Crippen LogP contribution is 2.32. The summed E-state index contributed by atoms with van der Waals surface area (Å²) in [6.07, 6.45) is 1.93. The van der Waals surface area contributed by atoms with Crippen molar-refractivity contribution in [2.45, 2.75) is 19.3 Å². The number of ether oxygens (including phenoxy) is 3. The van der Waals surface area contributed by atoms with Crippen molar-refractivity contribution in [2.24, 2.45) is 0 Å². The van der Waals surface area contributed by atoms with E-state index >= 15 is 0 Å². The van der Waals surface area contributed by atoms with Crippen molar-refractivity contribution in [3.8, 4) is 28.4 Å². The van der Waals surface area contributed by atoms with Crippen LogP contribution in [0.25, 0.3) is 22.6 Å². The molecule has 1 saturated heterocycles. The lowest BCUT2D eigenvalue weighted by Crippen LogP contribution is -2.18. The van der Waals surface area contributed by atoms with E-state index in [1.807, 2.05) is 24.3 Å². The minimum absolute atomic E-state index is 0.313. The zero-order chi connectivity index (χ0) is 23.3. The van der Waals surface area contributed by atoms with Gasteiger partial charge in [-0.25, -0.2) is 19.3 Å². The zero-order valence-electron chi connectivity index (χ0n) is 18.6. The third-order valence-electron chi connectivity index (χ3n) is 5.41. The molecule has 0 unspecified atom stereocenters. The van der Waals surface area contributed by atoms with Crippen molar-refractivity contribution < 1.29 is 18.6 Å². The van der Waals surface area contributed by atoms with Gasteiger partial charge in [0.2, 0.25) is 12.2 Å². The molecule has 1 aliphatic heterocycles. The SMILES string of the molecule is COc1ccc(CNc2nccc(-c3[nH]c(C4OCCCO4)nc3-c3ccc(F)cc3)n2)cc1. The van der Waals surface area contributed by atoms with Crippen molar-refractivity contribution in [3.05, 3.63) is 78.0 Å². The number of methoxy groups -OCH3 is 1. The zero-order valence-corrected chi connectivity index (χ0v) is 18.6. The lowest BCUT2D eigenvalue weighted by molar-refractivity contribution is -0.186. The molecule has 0 atom stereocenters. The molecule has 3 heterocycles. The molecule has 0 aliphatic carbocycles. The highest BCUT2D eigenvalue weighted by molar-refractivity contribution is 5.77. The molecular formula is C25H24FN5O3. The van der Waals surface area contributed by atoms with Crippen LogP contribution in [0.3, 0.4) is 0 Å². The third-order valence-corrected chi connectivity index (χ3v) is 5.41. The van der Waals surface area contributed by atoms with Crippen LogP contribution in [0.5, 0.6) is 5.75 Å². The summed E-state index contributed by atoms with van der Waals surface area (Å²) in [6, 6.07) is 15.8. The van der Waals surface area contributed by atoms with Crippen LogP contribution in [-0.2, 0) is 16.0 Å². The molecule has 2 aromatic carbocycles. The topological polar surface area (TPSA) is 94.2 Å². The van der Waals surface area contributed by atoms with E-state index in [1.165, 1.54) is 12.1 Å². The molecule has 2 N–H and O–H groups in total. The Bertz CT molecular complexity index is 1240. The van der Waals surface area contributed by atoms with Gasteiger partial charge in [0.05, 0.1) is 37.4 Å². The maximum Gasteiger partial charge on any atom is 0.223 e. The van der Waals surface area contributed by atoms with Crippen molar-refractivity contribution in [1.82, 2.24) is 19.9 Å². The van der Waals surface area contributed by atoms with Gasteiger partial charge in [0.15, 0.2) is 5.82 Å². The Morgan fingerprint density at radius 3 is 2.53 bits per heavy atom. The van der Waals surface area contributed by atoms with Crippen molar-refractivity contribution in [1.29, 1.82) is 0 Å². The smallest absolute Gasteiger partial charge is 0.223 e. The molecule has 9 heteroatoms. The first kappa shape index (κ1) is 22.0. The Balaban J connectivity index is 1.44. The fraction of sp³-hybridized carbons (Fsp3) is 0.240.